The summed E-state index contributed by atoms with van der Waals surface area (Å²) < 4.78 is 20.2. The molecule has 0 radical (unpaired) electrons. The maximum absolute atomic E-state index is 12.3. The van der Waals surface area contributed by atoms with Gasteiger partial charge in [-0.15, -0.1) is 10.6 Å². The molecule has 9 nitrogen and oxygen atoms in total. The van der Waals surface area contributed by atoms with E-state index in [1.54, 1.807) is 0 Å². The van der Waals surface area contributed by atoms with Gasteiger partial charge < -0.3 is 10.8 Å². The summed E-state index contributed by atoms with van der Waals surface area (Å²) in [5.41, 5.74) is 16.4. The van der Waals surface area contributed by atoms with Crippen LogP contribution in [0.4, 0.5) is 0 Å². The molecule has 132 valence electrons. The van der Waals surface area contributed by atoms with Gasteiger partial charge in [-0.1, -0.05) is 12.1 Å². The van der Waals surface area contributed by atoms with Crippen LogP contribution in [-0.4, -0.2) is 38.7 Å². The van der Waals surface area contributed by atoms with Gasteiger partial charge in [-0.2, -0.15) is 0 Å². The quantitative estimate of drug-likeness (QED) is 0.373. The fraction of sp³-hybridized carbons (Fsp3) is 0.429. The Bertz CT molecular complexity index is 747. The molecule has 10 heteroatoms. The molecule has 2 rings (SSSR count). The van der Waals surface area contributed by atoms with Crippen molar-refractivity contribution in [3.8, 4) is 0 Å². The zero-order chi connectivity index (χ0) is 17.7. The van der Waals surface area contributed by atoms with Gasteiger partial charge >= 0.3 is 5.97 Å². The Kier molecular flexibility index (Phi) is 5.75. The first-order valence-electron chi connectivity index (χ1n) is 7.44. The van der Waals surface area contributed by atoms with Crippen molar-refractivity contribution in [1.29, 1.82) is 4.78 Å². The van der Waals surface area contributed by atoms with E-state index in [0.29, 0.717) is 12.3 Å². The molecule has 0 amide bonds. The van der Waals surface area contributed by atoms with E-state index in [4.69, 9.17) is 15.6 Å². The van der Waals surface area contributed by atoms with Crippen LogP contribution in [-0.2, 0) is 20.9 Å². The van der Waals surface area contributed by atoms with E-state index >= 15 is 0 Å². The fourth-order valence-electron chi connectivity index (χ4n) is 2.24. The van der Waals surface area contributed by atoms with Gasteiger partial charge in [0.2, 0.25) is 0 Å². The summed E-state index contributed by atoms with van der Waals surface area (Å²) in [6.45, 7) is 1.95. The number of carboxylic acids is 1. The summed E-state index contributed by atoms with van der Waals surface area (Å²) in [6.07, 6.45) is 0.507. The summed E-state index contributed by atoms with van der Waals surface area (Å²) in [5.74, 6) is -0.336. The number of aliphatic carboxylic acids is 1. The Morgan fingerprint density at radius 1 is 1.46 bits per heavy atom. The largest absolute Gasteiger partial charge is 0.480 e. The first-order valence-corrected chi connectivity index (χ1v) is 9.34. The maximum Gasteiger partial charge on any atom is 0.320 e. The molecule has 0 aliphatic carbocycles. The molecular formula is C14H22N6O3S. The van der Waals surface area contributed by atoms with Gasteiger partial charge in [0.05, 0.1) is 0 Å². The Morgan fingerprint density at radius 2 is 2.21 bits per heavy atom. The number of benzene rings is 1. The minimum absolute atomic E-state index is 0.0126. The van der Waals surface area contributed by atoms with E-state index < -0.39 is 21.7 Å². The highest BCUT2D eigenvalue weighted by molar-refractivity contribution is 7.92. The molecule has 0 saturated carbocycles. The van der Waals surface area contributed by atoms with Gasteiger partial charge in [0.25, 0.3) is 0 Å². The number of aryl methyl sites for hydroxylation is 2. The highest BCUT2D eigenvalue weighted by Gasteiger charge is 2.16. The van der Waals surface area contributed by atoms with E-state index in [2.05, 4.69) is 21.6 Å². The van der Waals surface area contributed by atoms with Crippen molar-refractivity contribution >= 4 is 21.5 Å². The molecule has 24 heavy (non-hydrogen) atoms. The van der Waals surface area contributed by atoms with E-state index in [9.17, 15) is 9.00 Å². The molecule has 2 atom stereocenters. The number of amidine groups is 1. The number of hydrogen-bond acceptors (Lipinski definition) is 8. The van der Waals surface area contributed by atoms with Crippen LogP contribution in [0.15, 0.2) is 23.3 Å². The summed E-state index contributed by atoms with van der Waals surface area (Å²) in [4.78, 5) is 10.7. The smallest absolute Gasteiger partial charge is 0.320 e. The van der Waals surface area contributed by atoms with Crippen molar-refractivity contribution in [3.05, 3.63) is 34.9 Å². The van der Waals surface area contributed by atoms with Crippen molar-refractivity contribution in [2.45, 2.75) is 25.8 Å². The lowest BCUT2D eigenvalue weighted by Gasteiger charge is -2.12. The molecule has 0 saturated heterocycles. The van der Waals surface area contributed by atoms with Crippen molar-refractivity contribution < 1.29 is 14.1 Å². The monoisotopic (exact) mass is 354 g/mol. The SMILES string of the molecule is Cc1ccc(C2=NNNN2)cc1CCS(=N)(=O)CC[C@H](N)C(=O)O. The van der Waals surface area contributed by atoms with Gasteiger partial charge in [0.1, 0.15) is 6.04 Å². The Labute approximate surface area is 140 Å². The minimum atomic E-state index is -2.87. The number of hydrazine groups is 2. The Morgan fingerprint density at radius 3 is 2.83 bits per heavy atom. The molecule has 7 N–H and O–H groups in total. The average molecular weight is 354 g/mol. The van der Waals surface area contributed by atoms with Crippen LogP contribution in [0, 0.1) is 11.7 Å². The molecule has 0 fully saturated rings. The first kappa shape index (κ1) is 18.2. The number of hydrogen-bond donors (Lipinski definition) is 6. The van der Waals surface area contributed by atoms with Crippen LogP contribution >= 0.6 is 0 Å². The normalized spacial score (nSPS) is 17.3. The van der Waals surface area contributed by atoms with Gasteiger partial charge in [-0.25, -0.2) is 9.74 Å². The lowest BCUT2D eigenvalue weighted by atomic mass is 10.0. The zero-order valence-corrected chi connectivity index (χ0v) is 14.2. The average Bonchev–Trinajstić information content (AvgIpc) is 3.06. The molecular weight excluding hydrogens is 332 g/mol. The van der Waals surface area contributed by atoms with Crippen molar-refractivity contribution in [1.82, 2.24) is 16.5 Å². The number of nitrogens with one attached hydrogen (secondary N) is 4. The zero-order valence-electron chi connectivity index (χ0n) is 13.3. The second-order valence-corrected chi connectivity index (χ2v) is 8.11. The predicted octanol–water partition coefficient (Wildman–Crippen LogP) is -0.340. The number of hydrazone groups is 1. The molecule has 0 aromatic heterocycles. The Balaban J connectivity index is 2.00. The predicted molar refractivity (Wildman–Crippen MR) is 91.7 cm³/mol. The number of carboxylic acid groups (broad SMARTS) is 1. The van der Waals surface area contributed by atoms with Crippen molar-refractivity contribution in [2.75, 3.05) is 11.5 Å². The lowest BCUT2D eigenvalue weighted by molar-refractivity contribution is -0.138. The van der Waals surface area contributed by atoms with Crippen LogP contribution in [0.2, 0.25) is 0 Å². The summed E-state index contributed by atoms with van der Waals surface area (Å²) >= 11 is 0. The third-order valence-electron chi connectivity index (χ3n) is 3.80. The molecule has 1 aromatic carbocycles. The highest BCUT2D eigenvalue weighted by atomic mass is 32.2. The molecule has 1 unspecified atom stereocenters. The number of rotatable bonds is 8. The van der Waals surface area contributed by atoms with E-state index in [1.165, 1.54) is 0 Å². The van der Waals surface area contributed by atoms with Gasteiger partial charge in [0, 0.05) is 26.8 Å². The molecule has 1 aliphatic heterocycles. The molecule has 0 bridgehead atoms. The third-order valence-corrected chi connectivity index (χ3v) is 5.56. The highest BCUT2D eigenvalue weighted by Crippen LogP contribution is 2.14. The first-order chi connectivity index (χ1) is 11.3. The van der Waals surface area contributed by atoms with Crippen LogP contribution in [0.1, 0.15) is 23.1 Å². The van der Waals surface area contributed by atoms with Crippen LogP contribution in [0.3, 0.4) is 0 Å². The number of nitrogens with zero attached hydrogens (tertiary/aromatic N) is 1. The third kappa shape index (κ3) is 4.91. The van der Waals surface area contributed by atoms with Gasteiger partial charge in [-0.3, -0.25) is 15.0 Å². The van der Waals surface area contributed by atoms with E-state index in [0.717, 1.165) is 16.7 Å². The standard InChI is InChI=1S/C14H22N6O3S/c1-9-2-3-11(13-17-19-20-18-13)8-10(9)4-6-24(16,23)7-5-12(15)14(21)22/h2-3,8,12,16,19-20H,4-7,15H2,1H3,(H,17,18)(H,21,22)/t12-,24?/m0/s1. The van der Waals surface area contributed by atoms with E-state index in [-0.39, 0.29) is 17.9 Å². The maximum atomic E-state index is 12.3. The second-order valence-electron chi connectivity index (χ2n) is 5.67. The summed E-state index contributed by atoms with van der Waals surface area (Å²) in [7, 11) is -2.87. The second kappa shape index (κ2) is 7.60. The fourth-order valence-corrected chi connectivity index (χ4v) is 3.63. The van der Waals surface area contributed by atoms with Crippen LogP contribution < -0.4 is 22.2 Å². The molecule has 1 aliphatic rings. The summed E-state index contributed by atoms with van der Waals surface area (Å²) in [5, 5.41) is 12.8. The number of carbonyl (C=O) groups is 1. The van der Waals surface area contributed by atoms with Crippen molar-refractivity contribution in [3.63, 3.8) is 0 Å². The molecule has 1 heterocycles. The van der Waals surface area contributed by atoms with Crippen LogP contribution in [0.25, 0.3) is 0 Å². The summed E-state index contributed by atoms with van der Waals surface area (Å²) in [6, 6.07) is 4.73. The van der Waals surface area contributed by atoms with Crippen molar-refractivity contribution in [2.24, 2.45) is 10.8 Å². The van der Waals surface area contributed by atoms with Gasteiger partial charge in [0.15, 0.2) is 5.84 Å². The number of nitrogens with two attached hydrogens (primary N) is 1. The van der Waals surface area contributed by atoms with E-state index in [1.807, 2.05) is 25.1 Å². The molecule has 1 aromatic rings. The van der Waals surface area contributed by atoms with Gasteiger partial charge in [-0.05, 0) is 37.0 Å². The topological polar surface area (TPSA) is 153 Å². The lowest BCUT2D eigenvalue weighted by Crippen LogP contribution is -2.35. The minimum Gasteiger partial charge on any atom is -0.480 e. The molecule has 0 spiro atoms. The Hall–Kier alpha value is -2.17. The van der Waals surface area contributed by atoms with Crippen LogP contribution in [0.5, 0.6) is 0 Å².